The maximum absolute atomic E-state index is 12.0. The van der Waals surface area contributed by atoms with Crippen molar-refractivity contribution in [1.29, 1.82) is 5.26 Å². The minimum absolute atomic E-state index is 0.110. The van der Waals surface area contributed by atoms with Gasteiger partial charge in [0, 0.05) is 18.7 Å². The molecule has 0 saturated heterocycles. The van der Waals surface area contributed by atoms with Crippen LogP contribution in [0.5, 0.6) is 0 Å². The van der Waals surface area contributed by atoms with Gasteiger partial charge in [0.1, 0.15) is 6.07 Å². The molecule has 0 bridgehead atoms. The first kappa shape index (κ1) is 15.6. The molecule has 1 amide bonds. The summed E-state index contributed by atoms with van der Waals surface area (Å²) in [4.78, 5) is 12.0. The molecular formula is C18H19N3O. The van der Waals surface area contributed by atoms with Crippen LogP contribution in [0.15, 0.2) is 42.5 Å². The lowest BCUT2D eigenvalue weighted by Crippen LogP contribution is -2.17. The van der Waals surface area contributed by atoms with Crippen LogP contribution >= 0.6 is 0 Å². The van der Waals surface area contributed by atoms with E-state index >= 15 is 0 Å². The molecule has 2 aromatic carbocycles. The van der Waals surface area contributed by atoms with Gasteiger partial charge >= 0.3 is 0 Å². The highest BCUT2D eigenvalue weighted by atomic mass is 16.1. The Labute approximate surface area is 130 Å². The van der Waals surface area contributed by atoms with Gasteiger partial charge in [0.15, 0.2) is 0 Å². The lowest BCUT2D eigenvalue weighted by molar-refractivity contribution is -0.115. The second-order valence-electron chi connectivity index (χ2n) is 5.15. The van der Waals surface area contributed by atoms with Gasteiger partial charge in [-0.05, 0) is 37.1 Å². The quantitative estimate of drug-likeness (QED) is 0.885. The molecule has 0 unspecified atom stereocenters. The number of hydrogen-bond acceptors (Lipinski definition) is 3. The van der Waals surface area contributed by atoms with Crippen LogP contribution < -0.4 is 10.6 Å². The molecule has 0 atom stereocenters. The number of aryl methyl sites for hydroxylation is 2. The second kappa shape index (κ2) is 7.28. The molecule has 0 spiro atoms. The summed E-state index contributed by atoms with van der Waals surface area (Å²) in [5, 5.41) is 15.1. The van der Waals surface area contributed by atoms with Crippen molar-refractivity contribution < 1.29 is 4.79 Å². The maximum Gasteiger partial charge on any atom is 0.226 e. The van der Waals surface area contributed by atoms with Crippen molar-refractivity contribution in [3.05, 3.63) is 59.2 Å². The van der Waals surface area contributed by atoms with Gasteiger partial charge in [-0.3, -0.25) is 4.79 Å². The molecular weight excluding hydrogens is 274 g/mol. The zero-order valence-electron chi connectivity index (χ0n) is 12.8. The standard InChI is InChI=1S/C18H19N3O/c1-13-6-5-7-14(2)18(13)20-11-10-17(22)21-16-9-4-3-8-15(16)12-19/h3-9,20H,10-11H2,1-2H3,(H,21,22). The number of para-hydroxylation sites is 2. The molecule has 2 rings (SSSR count). The van der Waals surface area contributed by atoms with E-state index in [1.165, 1.54) is 0 Å². The van der Waals surface area contributed by atoms with Gasteiger partial charge in [0.25, 0.3) is 0 Å². The van der Waals surface area contributed by atoms with Crippen LogP contribution in [-0.4, -0.2) is 12.5 Å². The number of amides is 1. The Morgan fingerprint density at radius 3 is 2.45 bits per heavy atom. The number of benzene rings is 2. The predicted octanol–water partition coefficient (Wildman–Crippen LogP) is 3.62. The van der Waals surface area contributed by atoms with Crippen LogP contribution in [0.3, 0.4) is 0 Å². The van der Waals surface area contributed by atoms with E-state index in [9.17, 15) is 4.79 Å². The average Bonchev–Trinajstić information content (AvgIpc) is 2.51. The largest absolute Gasteiger partial charge is 0.384 e. The third kappa shape index (κ3) is 3.86. The Morgan fingerprint density at radius 2 is 1.77 bits per heavy atom. The Kier molecular flexibility index (Phi) is 5.16. The minimum atomic E-state index is -0.110. The van der Waals surface area contributed by atoms with Gasteiger partial charge in [-0.25, -0.2) is 0 Å². The van der Waals surface area contributed by atoms with Crippen molar-refractivity contribution in [1.82, 2.24) is 0 Å². The van der Waals surface area contributed by atoms with Crippen molar-refractivity contribution in [3.63, 3.8) is 0 Å². The molecule has 112 valence electrons. The number of hydrogen-bond donors (Lipinski definition) is 2. The van der Waals surface area contributed by atoms with Crippen molar-refractivity contribution in [3.8, 4) is 6.07 Å². The van der Waals surface area contributed by atoms with Gasteiger partial charge in [-0.2, -0.15) is 5.26 Å². The van der Waals surface area contributed by atoms with Crippen LogP contribution in [0.4, 0.5) is 11.4 Å². The van der Waals surface area contributed by atoms with E-state index in [-0.39, 0.29) is 5.91 Å². The Morgan fingerprint density at radius 1 is 1.09 bits per heavy atom. The summed E-state index contributed by atoms with van der Waals surface area (Å²) < 4.78 is 0. The van der Waals surface area contributed by atoms with Crippen molar-refractivity contribution in [2.75, 3.05) is 17.2 Å². The first-order chi connectivity index (χ1) is 10.6. The number of carbonyl (C=O) groups is 1. The van der Waals surface area contributed by atoms with Crippen molar-refractivity contribution in [2.24, 2.45) is 0 Å². The van der Waals surface area contributed by atoms with E-state index in [0.717, 1.165) is 16.8 Å². The Hall–Kier alpha value is -2.80. The fourth-order valence-corrected chi connectivity index (χ4v) is 2.30. The van der Waals surface area contributed by atoms with Gasteiger partial charge in [-0.1, -0.05) is 30.3 Å². The van der Waals surface area contributed by atoms with E-state index in [0.29, 0.717) is 24.2 Å². The zero-order chi connectivity index (χ0) is 15.9. The van der Waals surface area contributed by atoms with E-state index in [1.807, 2.05) is 32.0 Å². The summed E-state index contributed by atoms with van der Waals surface area (Å²) >= 11 is 0. The molecule has 0 radical (unpaired) electrons. The minimum Gasteiger partial charge on any atom is -0.384 e. The predicted molar refractivity (Wildman–Crippen MR) is 88.8 cm³/mol. The molecule has 4 nitrogen and oxygen atoms in total. The third-order valence-corrected chi connectivity index (χ3v) is 3.46. The average molecular weight is 293 g/mol. The monoisotopic (exact) mass is 293 g/mol. The fourth-order valence-electron chi connectivity index (χ4n) is 2.30. The van der Waals surface area contributed by atoms with Crippen LogP contribution in [0.1, 0.15) is 23.1 Å². The molecule has 22 heavy (non-hydrogen) atoms. The van der Waals surface area contributed by atoms with Crippen LogP contribution in [0, 0.1) is 25.2 Å². The van der Waals surface area contributed by atoms with Gasteiger partial charge in [0.05, 0.1) is 11.3 Å². The highest BCUT2D eigenvalue weighted by Gasteiger charge is 2.07. The van der Waals surface area contributed by atoms with Gasteiger partial charge in [-0.15, -0.1) is 0 Å². The molecule has 0 aliphatic carbocycles. The number of carbonyl (C=O) groups excluding carboxylic acids is 1. The van der Waals surface area contributed by atoms with Crippen molar-refractivity contribution in [2.45, 2.75) is 20.3 Å². The second-order valence-corrected chi connectivity index (χ2v) is 5.15. The molecule has 2 aromatic rings. The smallest absolute Gasteiger partial charge is 0.226 e. The molecule has 0 aliphatic heterocycles. The summed E-state index contributed by atoms with van der Waals surface area (Å²) in [5.41, 5.74) is 4.43. The third-order valence-electron chi connectivity index (χ3n) is 3.46. The van der Waals surface area contributed by atoms with E-state index in [2.05, 4.69) is 16.7 Å². The molecule has 0 heterocycles. The molecule has 4 heteroatoms. The van der Waals surface area contributed by atoms with E-state index < -0.39 is 0 Å². The van der Waals surface area contributed by atoms with Crippen LogP contribution in [-0.2, 0) is 4.79 Å². The maximum atomic E-state index is 12.0. The lowest BCUT2D eigenvalue weighted by atomic mass is 10.1. The molecule has 0 aromatic heterocycles. The van der Waals surface area contributed by atoms with Crippen LogP contribution in [0.2, 0.25) is 0 Å². The lowest BCUT2D eigenvalue weighted by Gasteiger charge is -2.12. The number of anilines is 2. The SMILES string of the molecule is Cc1cccc(C)c1NCCC(=O)Nc1ccccc1C#N. The van der Waals surface area contributed by atoms with Crippen molar-refractivity contribution >= 4 is 17.3 Å². The summed E-state index contributed by atoms with van der Waals surface area (Å²) in [6, 6.07) is 15.2. The molecule has 2 N–H and O–H groups in total. The Balaban J connectivity index is 1.90. The van der Waals surface area contributed by atoms with Gasteiger partial charge in [0.2, 0.25) is 5.91 Å². The summed E-state index contributed by atoms with van der Waals surface area (Å²) in [7, 11) is 0. The van der Waals surface area contributed by atoms with Gasteiger partial charge < -0.3 is 10.6 Å². The topological polar surface area (TPSA) is 64.9 Å². The number of nitrogens with one attached hydrogen (secondary N) is 2. The van der Waals surface area contributed by atoms with Crippen LogP contribution in [0.25, 0.3) is 0 Å². The first-order valence-corrected chi connectivity index (χ1v) is 7.21. The van der Waals surface area contributed by atoms with E-state index in [4.69, 9.17) is 5.26 Å². The fraction of sp³-hybridized carbons (Fsp3) is 0.222. The van der Waals surface area contributed by atoms with E-state index in [1.54, 1.807) is 24.3 Å². The summed E-state index contributed by atoms with van der Waals surface area (Å²) in [6.45, 7) is 4.63. The first-order valence-electron chi connectivity index (χ1n) is 7.21. The molecule has 0 fully saturated rings. The number of nitriles is 1. The normalized spacial score (nSPS) is 9.86. The highest BCUT2D eigenvalue weighted by molar-refractivity contribution is 5.92. The number of nitrogens with zero attached hydrogens (tertiary/aromatic N) is 1. The zero-order valence-corrected chi connectivity index (χ0v) is 12.8. The summed E-state index contributed by atoms with van der Waals surface area (Å²) in [6.07, 6.45) is 0.341. The molecule has 0 saturated carbocycles. The molecule has 0 aliphatic rings. The highest BCUT2D eigenvalue weighted by Crippen LogP contribution is 2.19. The summed E-state index contributed by atoms with van der Waals surface area (Å²) in [5.74, 6) is -0.110. The number of rotatable bonds is 5. The Bertz CT molecular complexity index is 696.